The lowest BCUT2D eigenvalue weighted by Crippen LogP contribution is -2.40. The first-order valence-electron chi connectivity index (χ1n) is 7.36. The molecule has 0 saturated carbocycles. The molecule has 0 amide bonds. The summed E-state index contributed by atoms with van der Waals surface area (Å²) >= 11 is 0. The first kappa shape index (κ1) is 17.6. The third-order valence-corrected chi connectivity index (χ3v) is 5.42. The summed E-state index contributed by atoms with van der Waals surface area (Å²) in [4.78, 5) is 2.48. The largest absolute Gasteiger partial charge is 0.299 e. The summed E-state index contributed by atoms with van der Waals surface area (Å²) in [6.07, 6.45) is 5.49. The average molecular weight is 303 g/mol. The Morgan fingerprint density at radius 2 is 2.15 bits per heavy atom. The van der Waals surface area contributed by atoms with Gasteiger partial charge in [-0.25, -0.2) is 4.72 Å². The molecule has 1 N–H and O–H groups in total. The lowest BCUT2D eigenvalue weighted by atomic mass is 9.94. The summed E-state index contributed by atoms with van der Waals surface area (Å²) in [5.41, 5.74) is 1.40. The van der Waals surface area contributed by atoms with Crippen LogP contribution >= 0.6 is 0 Å². The summed E-state index contributed by atoms with van der Waals surface area (Å²) in [5.74, 6) is 0.596. The zero-order chi connectivity index (χ0) is 15.2. The van der Waals surface area contributed by atoms with Gasteiger partial charge >= 0.3 is 0 Å². The minimum Gasteiger partial charge on any atom is -0.299 e. The molecule has 1 unspecified atom stereocenters. The highest BCUT2D eigenvalue weighted by Gasteiger charge is 2.20. The number of likely N-dealkylation sites (tertiary alicyclic amines) is 1. The van der Waals surface area contributed by atoms with Gasteiger partial charge in [0.25, 0.3) is 10.2 Å². The highest BCUT2D eigenvalue weighted by molar-refractivity contribution is 7.87. The van der Waals surface area contributed by atoms with Gasteiger partial charge in [-0.2, -0.15) is 12.7 Å². The Morgan fingerprint density at radius 1 is 1.45 bits per heavy atom. The Morgan fingerprint density at radius 3 is 2.75 bits per heavy atom. The van der Waals surface area contributed by atoms with E-state index in [4.69, 9.17) is 0 Å². The molecule has 0 aromatic heterocycles. The SMILES string of the molecule is CC=C(C)CN1CCCC(CCNS(=O)(=O)N(C)C)C1. The van der Waals surface area contributed by atoms with E-state index in [1.165, 1.54) is 22.7 Å². The van der Waals surface area contributed by atoms with Gasteiger partial charge in [-0.15, -0.1) is 0 Å². The second-order valence-electron chi connectivity index (χ2n) is 5.85. The molecule has 1 rings (SSSR count). The van der Waals surface area contributed by atoms with Crippen molar-refractivity contribution < 1.29 is 8.42 Å². The molecule has 0 aromatic rings. The molecule has 0 spiro atoms. The Bertz CT molecular complexity index is 418. The Hall–Kier alpha value is -0.430. The second kappa shape index (κ2) is 8.12. The average Bonchev–Trinajstić information content (AvgIpc) is 2.38. The normalized spacial score (nSPS) is 22.4. The van der Waals surface area contributed by atoms with Gasteiger partial charge in [-0.05, 0) is 45.6 Å². The van der Waals surface area contributed by atoms with Crippen LogP contribution in [0.25, 0.3) is 0 Å². The van der Waals surface area contributed by atoms with E-state index in [0.717, 1.165) is 26.1 Å². The van der Waals surface area contributed by atoms with Crippen LogP contribution in [-0.4, -0.2) is 57.9 Å². The number of hydrogen-bond acceptors (Lipinski definition) is 3. The first-order chi connectivity index (χ1) is 9.35. The number of piperidine rings is 1. The van der Waals surface area contributed by atoms with Crippen LogP contribution in [0.2, 0.25) is 0 Å². The van der Waals surface area contributed by atoms with Crippen molar-refractivity contribution in [3.63, 3.8) is 0 Å². The number of hydrogen-bond donors (Lipinski definition) is 1. The molecule has 1 aliphatic heterocycles. The lowest BCUT2D eigenvalue weighted by Gasteiger charge is -2.33. The molecule has 118 valence electrons. The number of nitrogens with one attached hydrogen (secondary N) is 1. The molecule has 0 aliphatic carbocycles. The van der Waals surface area contributed by atoms with Crippen molar-refractivity contribution in [1.29, 1.82) is 0 Å². The predicted octanol–water partition coefficient (Wildman–Crippen LogP) is 1.45. The highest BCUT2D eigenvalue weighted by Crippen LogP contribution is 2.20. The fraction of sp³-hybridized carbons (Fsp3) is 0.857. The van der Waals surface area contributed by atoms with Crippen LogP contribution in [-0.2, 0) is 10.2 Å². The molecule has 0 bridgehead atoms. The lowest BCUT2D eigenvalue weighted by molar-refractivity contribution is 0.181. The van der Waals surface area contributed by atoms with Crippen molar-refractivity contribution in [2.45, 2.75) is 33.1 Å². The number of rotatable bonds is 7. The zero-order valence-electron chi connectivity index (χ0n) is 13.2. The second-order valence-corrected chi connectivity index (χ2v) is 7.82. The molecule has 1 saturated heterocycles. The minimum atomic E-state index is -3.27. The van der Waals surface area contributed by atoms with Gasteiger partial charge in [0.2, 0.25) is 0 Å². The quantitative estimate of drug-likeness (QED) is 0.724. The summed E-state index contributed by atoms with van der Waals surface area (Å²) < 4.78 is 27.1. The smallest absolute Gasteiger partial charge is 0.278 e. The molecule has 1 atom stereocenters. The molecule has 5 nitrogen and oxygen atoms in total. The predicted molar refractivity (Wildman–Crippen MR) is 83.8 cm³/mol. The van der Waals surface area contributed by atoms with E-state index in [-0.39, 0.29) is 0 Å². The van der Waals surface area contributed by atoms with Crippen LogP contribution < -0.4 is 4.72 Å². The van der Waals surface area contributed by atoms with Gasteiger partial charge in [0.15, 0.2) is 0 Å². The van der Waals surface area contributed by atoms with E-state index in [9.17, 15) is 8.42 Å². The van der Waals surface area contributed by atoms with E-state index < -0.39 is 10.2 Å². The highest BCUT2D eigenvalue weighted by atomic mass is 32.2. The standard InChI is InChI=1S/C14H29N3O2S/c1-5-13(2)11-17-10-6-7-14(12-17)8-9-15-20(18,19)16(3)4/h5,14-15H,6-12H2,1-4H3. The van der Waals surface area contributed by atoms with Crippen molar-refractivity contribution in [3.8, 4) is 0 Å². The van der Waals surface area contributed by atoms with Crippen LogP contribution in [0.15, 0.2) is 11.6 Å². The maximum Gasteiger partial charge on any atom is 0.278 e. The van der Waals surface area contributed by atoms with Crippen LogP contribution in [0.3, 0.4) is 0 Å². The molecule has 0 aromatic carbocycles. The maximum atomic E-state index is 11.6. The van der Waals surface area contributed by atoms with Crippen molar-refractivity contribution in [2.24, 2.45) is 5.92 Å². The fourth-order valence-electron chi connectivity index (χ4n) is 2.50. The number of allylic oxidation sites excluding steroid dienone is 1. The van der Waals surface area contributed by atoms with E-state index >= 15 is 0 Å². The summed E-state index contributed by atoms with van der Waals surface area (Å²) in [5, 5.41) is 0. The summed E-state index contributed by atoms with van der Waals surface area (Å²) in [7, 11) is -0.183. The third-order valence-electron chi connectivity index (χ3n) is 3.89. The van der Waals surface area contributed by atoms with E-state index in [1.54, 1.807) is 14.1 Å². The van der Waals surface area contributed by atoms with E-state index in [2.05, 4.69) is 29.5 Å². The van der Waals surface area contributed by atoms with Crippen LogP contribution in [0.5, 0.6) is 0 Å². The molecular weight excluding hydrogens is 274 g/mol. The van der Waals surface area contributed by atoms with Gasteiger partial charge in [0.05, 0.1) is 0 Å². The van der Waals surface area contributed by atoms with E-state index in [1.807, 2.05) is 0 Å². The van der Waals surface area contributed by atoms with Gasteiger partial charge in [-0.1, -0.05) is 11.6 Å². The van der Waals surface area contributed by atoms with Crippen LogP contribution in [0.4, 0.5) is 0 Å². The molecule has 6 heteroatoms. The van der Waals surface area contributed by atoms with Gasteiger partial charge in [0, 0.05) is 33.7 Å². The Labute approximate surface area is 124 Å². The molecule has 1 heterocycles. The van der Waals surface area contributed by atoms with Gasteiger partial charge in [0.1, 0.15) is 0 Å². The molecule has 0 radical (unpaired) electrons. The van der Waals surface area contributed by atoms with Crippen molar-refractivity contribution in [3.05, 3.63) is 11.6 Å². The monoisotopic (exact) mass is 303 g/mol. The van der Waals surface area contributed by atoms with Crippen molar-refractivity contribution in [2.75, 3.05) is 40.3 Å². The fourth-order valence-corrected chi connectivity index (χ4v) is 3.13. The van der Waals surface area contributed by atoms with Crippen LogP contribution in [0, 0.1) is 5.92 Å². The Kier molecular flexibility index (Phi) is 7.15. The van der Waals surface area contributed by atoms with Crippen molar-refractivity contribution in [1.82, 2.24) is 13.9 Å². The van der Waals surface area contributed by atoms with Crippen LogP contribution in [0.1, 0.15) is 33.1 Å². The molecule has 1 fully saturated rings. The maximum absolute atomic E-state index is 11.6. The Balaban J connectivity index is 2.34. The summed E-state index contributed by atoms with van der Waals surface area (Å²) in [6.45, 7) is 8.04. The molecule has 1 aliphatic rings. The third kappa shape index (κ3) is 5.91. The topological polar surface area (TPSA) is 52.7 Å². The van der Waals surface area contributed by atoms with Gasteiger partial charge in [-0.3, -0.25) is 4.90 Å². The first-order valence-corrected chi connectivity index (χ1v) is 8.80. The zero-order valence-corrected chi connectivity index (χ0v) is 14.0. The van der Waals surface area contributed by atoms with Gasteiger partial charge < -0.3 is 0 Å². The minimum absolute atomic E-state index is 0.529. The number of nitrogens with zero attached hydrogens (tertiary/aromatic N) is 2. The van der Waals surface area contributed by atoms with Crippen molar-refractivity contribution >= 4 is 10.2 Å². The molecular formula is C14H29N3O2S. The molecule has 20 heavy (non-hydrogen) atoms. The summed E-state index contributed by atoms with van der Waals surface area (Å²) in [6, 6.07) is 0. The van der Waals surface area contributed by atoms with E-state index in [0.29, 0.717) is 12.5 Å².